The van der Waals surface area contributed by atoms with E-state index in [4.69, 9.17) is 28.0 Å². The average Bonchev–Trinajstić information content (AvgIpc) is 2.37. The molecule has 3 nitrogen and oxygen atoms in total. The van der Waals surface area contributed by atoms with E-state index in [1.54, 1.807) is 6.08 Å². The van der Waals surface area contributed by atoms with Gasteiger partial charge in [-0.1, -0.05) is 37.7 Å². The summed E-state index contributed by atoms with van der Waals surface area (Å²) in [5.74, 6) is 0.828. The lowest BCUT2D eigenvalue weighted by molar-refractivity contribution is 0.309. The molecule has 0 saturated heterocycles. The first-order chi connectivity index (χ1) is 8.67. The average molecular weight is 260 g/mol. The van der Waals surface area contributed by atoms with E-state index in [0.29, 0.717) is 5.57 Å². The maximum absolute atomic E-state index is 8.85. The van der Waals surface area contributed by atoms with Gasteiger partial charge < -0.3 is 10.5 Å². The largest absolute Gasteiger partial charge is 0.494 e. The van der Waals surface area contributed by atoms with Crippen LogP contribution in [-0.2, 0) is 0 Å². The van der Waals surface area contributed by atoms with Crippen LogP contribution in [0.15, 0.2) is 29.8 Å². The van der Waals surface area contributed by atoms with Crippen molar-refractivity contribution in [2.75, 3.05) is 6.61 Å². The van der Waals surface area contributed by atoms with Gasteiger partial charge in [-0.2, -0.15) is 5.26 Å². The summed E-state index contributed by atoms with van der Waals surface area (Å²) in [4.78, 5) is 0.112. The van der Waals surface area contributed by atoms with Gasteiger partial charge in [0.15, 0.2) is 0 Å². The van der Waals surface area contributed by atoms with E-state index < -0.39 is 0 Å². The Morgan fingerprint density at radius 1 is 1.44 bits per heavy atom. The van der Waals surface area contributed by atoms with Crippen molar-refractivity contribution in [3.8, 4) is 11.8 Å². The molecule has 1 rings (SSSR count). The fourth-order valence-corrected chi connectivity index (χ4v) is 1.42. The smallest absolute Gasteiger partial charge is 0.119 e. The summed E-state index contributed by atoms with van der Waals surface area (Å²) >= 11 is 4.77. The lowest BCUT2D eigenvalue weighted by atomic mass is 10.1. The summed E-state index contributed by atoms with van der Waals surface area (Å²) in [6.45, 7) is 2.85. The van der Waals surface area contributed by atoms with Gasteiger partial charge in [-0.25, -0.2) is 0 Å². The van der Waals surface area contributed by atoms with Crippen molar-refractivity contribution in [2.45, 2.75) is 19.8 Å². The number of nitrogens with two attached hydrogens (primary N) is 1. The molecular weight excluding hydrogens is 244 g/mol. The van der Waals surface area contributed by atoms with Gasteiger partial charge >= 0.3 is 0 Å². The molecule has 0 aliphatic carbocycles. The fraction of sp³-hybridized carbons (Fsp3) is 0.286. The zero-order valence-corrected chi connectivity index (χ0v) is 11.2. The Hall–Kier alpha value is -1.86. The number of rotatable bonds is 6. The van der Waals surface area contributed by atoms with Crippen LogP contribution < -0.4 is 10.5 Å². The SMILES string of the molecule is CCCCOc1ccc(/C=C(/C#N)C(N)=S)cc1. The van der Waals surface area contributed by atoms with Crippen LogP contribution in [0.1, 0.15) is 25.3 Å². The minimum Gasteiger partial charge on any atom is -0.494 e. The highest BCUT2D eigenvalue weighted by Crippen LogP contribution is 2.15. The van der Waals surface area contributed by atoms with Crippen molar-refractivity contribution in [1.29, 1.82) is 5.26 Å². The Labute approximate surface area is 113 Å². The number of hydrogen-bond donors (Lipinski definition) is 1. The molecule has 1 aromatic rings. The molecule has 0 aliphatic heterocycles. The molecule has 0 spiro atoms. The molecule has 0 unspecified atom stereocenters. The third kappa shape index (κ3) is 4.56. The van der Waals surface area contributed by atoms with Gasteiger partial charge in [0.1, 0.15) is 16.8 Å². The van der Waals surface area contributed by atoms with Crippen LogP contribution >= 0.6 is 12.2 Å². The first-order valence-corrected chi connectivity index (χ1v) is 6.22. The van der Waals surface area contributed by atoms with E-state index in [-0.39, 0.29) is 4.99 Å². The number of benzene rings is 1. The second-order valence-corrected chi connectivity index (χ2v) is 4.24. The van der Waals surface area contributed by atoms with Crippen molar-refractivity contribution < 1.29 is 4.74 Å². The molecule has 4 heteroatoms. The third-order valence-electron chi connectivity index (χ3n) is 2.34. The number of nitriles is 1. The predicted octanol–water partition coefficient (Wildman–Crippen LogP) is 3.06. The van der Waals surface area contributed by atoms with Crippen LogP contribution in [0, 0.1) is 11.3 Å². The van der Waals surface area contributed by atoms with Crippen LogP contribution in [0.5, 0.6) is 5.75 Å². The highest BCUT2D eigenvalue weighted by Gasteiger charge is 2.00. The van der Waals surface area contributed by atoms with Gasteiger partial charge in [-0.3, -0.25) is 0 Å². The van der Waals surface area contributed by atoms with E-state index in [1.807, 2.05) is 30.3 Å². The van der Waals surface area contributed by atoms with Gasteiger partial charge in [0.05, 0.1) is 12.2 Å². The van der Waals surface area contributed by atoms with Crippen molar-refractivity contribution in [2.24, 2.45) is 5.73 Å². The third-order valence-corrected chi connectivity index (χ3v) is 2.56. The summed E-state index contributed by atoms with van der Waals surface area (Å²) in [6.07, 6.45) is 3.82. The van der Waals surface area contributed by atoms with Gasteiger partial charge in [0.25, 0.3) is 0 Å². The van der Waals surface area contributed by atoms with E-state index in [0.717, 1.165) is 30.8 Å². The lowest BCUT2D eigenvalue weighted by Gasteiger charge is -2.05. The van der Waals surface area contributed by atoms with Crippen LogP contribution in [0.3, 0.4) is 0 Å². The topological polar surface area (TPSA) is 59.0 Å². The van der Waals surface area contributed by atoms with Crippen molar-refractivity contribution in [3.05, 3.63) is 35.4 Å². The molecule has 0 fully saturated rings. The van der Waals surface area contributed by atoms with Crippen LogP contribution in [-0.4, -0.2) is 11.6 Å². The zero-order valence-electron chi connectivity index (χ0n) is 10.3. The summed E-state index contributed by atoms with van der Waals surface area (Å²) in [6, 6.07) is 9.46. The second-order valence-electron chi connectivity index (χ2n) is 3.81. The van der Waals surface area contributed by atoms with E-state index in [2.05, 4.69) is 6.92 Å². The molecule has 0 heterocycles. The summed E-state index contributed by atoms with van der Waals surface area (Å²) < 4.78 is 5.54. The number of thiocarbonyl (C=S) groups is 1. The summed E-state index contributed by atoms with van der Waals surface area (Å²) in [7, 11) is 0. The summed E-state index contributed by atoms with van der Waals surface area (Å²) in [5.41, 5.74) is 6.61. The summed E-state index contributed by atoms with van der Waals surface area (Å²) in [5, 5.41) is 8.85. The highest BCUT2D eigenvalue weighted by atomic mass is 32.1. The molecule has 0 radical (unpaired) electrons. The number of hydrogen-bond acceptors (Lipinski definition) is 3. The van der Waals surface area contributed by atoms with Crippen LogP contribution in [0.25, 0.3) is 6.08 Å². The molecule has 0 aromatic heterocycles. The van der Waals surface area contributed by atoms with Crippen LogP contribution in [0.2, 0.25) is 0 Å². The lowest BCUT2D eigenvalue weighted by Crippen LogP contribution is -2.09. The normalized spacial score (nSPS) is 10.8. The van der Waals surface area contributed by atoms with E-state index in [9.17, 15) is 0 Å². The molecule has 0 amide bonds. The van der Waals surface area contributed by atoms with Crippen molar-refractivity contribution >= 4 is 23.3 Å². The molecule has 1 aromatic carbocycles. The van der Waals surface area contributed by atoms with Gasteiger partial charge in [-0.15, -0.1) is 0 Å². The number of nitrogens with zero attached hydrogens (tertiary/aromatic N) is 1. The Morgan fingerprint density at radius 3 is 2.61 bits per heavy atom. The maximum Gasteiger partial charge on any atom is 0.119 e. The second kappa shape index (κ2) is 7.46. The molecule has 0 aliphatic rings. The number of unbranched alkanes of at least 4 members (excludes halogenated alkanes) is 1. The highest BCUT2D eigenvalue weighted by molar-refractivity contribution is 7.80. The van der Waals surface area contributed by atoms with Gasteiger partial charge in [-0.05, 0) is 30.2 Å². The molecule has 0 bridgehead atoms. The Bertz CT molecular complexity index is 472. The van der Waals surface area contributed by atoms with E-state index >= 15 is 0 Å². The molecule has 0 saturated carbocycles. The molecule has 18 heavy (non-hydrogen) atoms. The fourth-order valence-electron chi connectivity index (χ4n) is 1.32. The zero-order chi connectivity index (χ0) is 13.4. The minimum absolute atomic E-state index is 0.112. The number of ether oxygens (including phenoxy) is 1. The Kier molecular flexibility index (Phi) is 5.89. The molecule has 94 valence electrons. The van der Waals surface area contributed by atoms with E-state index in [1.165, 1.54) is 0 Å². The van der Waals surface area contributed by atoms with Gasteiger partial charge in [0, 0.05) is 0 Å². The molecular formula is C14H16N2OS. The molecule has 2 N–H and O–H groups in total. The maximum atomic E-state index is 8.85. The predicted molar refractivity (Wildman–Crippen MR) is 77.2 cm³/mol. The van der Waals surface area contributed by atoms with Gasteiger partial charge in [0.2, 0.25) is 0 Å². The molecule has 0 atom stereocenters. The standard InChI is InChI=1S/C14H16N2OS/c1-2-3-8-17-13-6-4-11(5-7-13)9-12(10-15)14(16)18/h4-7,9H,2-3,8H2,1H3,(H2,16,18)/b12-9-. The van der Waals surface area contributed by atoms with Crippen molar-refractivity contribution in [1.82, 2.24) is 0 Å². The van der Waals surface area contributed by atoms with Crippen molar-refractivity contribution in [3.63, 3.8) is 0 Å². The minimum atomic E-state index is 0.112. The quantitative estimate of drug-likeness (QED) is 0.369. The Balaban J connectivity index is 2.71. The first kappa shape index (κ1) is 14.2. The van der Waals surface area contributed by atoms with Crippen LogP contribution in [0.4, 0.5) is 0 Å². The monoisotopic (exact) mass is 260 g/mol. The first-order valence-electron chi connectivity index (χ1n) is 5.82. The Morgan fingerprint density at radius 2 is 2.11 bits per heavy atom.